The summed E-state index contributed by atoms with van der Waals surface area (Å²) in [5, 5.41) is 21.4. The van der Waals surface area contributed by atoms with Crippen LogP contribution in [-0.2, 0) is 12.6 Å². The molecule has 8 heteroatoms. The van der Waals surface area contributed by atoms with Gasteiger partial charge in [-0.25, -0.2) is 4.99 Å². The molecule has 0 radical (unpaired) electrons. The van der Waals surface area contributed by atoms with E-state index in [4.69, 9.17) is 0 Å². The van der Waals surface area contributed by atoms with Gasteiger partial charge < -0.3 is 15.7 Å². The second-order valence-corrected chi connectivity index (χ2v) is 7.18. The predicted molar refractivity (Wildman–Crippen MR) is 117 cm³/mol. The molecule has 0 bridgehead atoms. The van der Waals surface area contributed by atoms with Gasteiger partial charge in [0.25, 0.3) is 0 Å². The van der Waals surface area contributed by atoms with E-state index in [1.807, 2.05) is 20.2 Å². The van der Waals surface area contributed by atoms with Crippen molar-refractivity contribution in [2.24, 2.45) is 12.0 Å². The van der Waals surface area contributed by atoms with E-state index in [2.05, 4.69) is 32.5 Å². The molecule has 0 aromatic carbocycles. The Morgan fingerprint density at radius 2 is 2.19 bits per heavy atom. The summed E-state index contributed by atoms with van der Waals surface area (Å²) in [6.07, 6.45) is 7.45. The summed E-state index contributed by atoms with van der Waals surface area (Å²) in [6, 6.07) is 0.668. The number of hydrogen-bond acceptors (Lipinski definition) is 4. The zero-order valence-corrected chi connectivity index (χ0v) is 18.9. The lowest BCUT2D eigenvalue weighted by Crippen LogP contribution is -2.45. The van der Waals surface area contributed by atoms with Crippen LogP contribution in [0.25, 0.3) is 0 Å². The summed E-state index contributed by atoms with van der Waals surface area (Å²) in [4.78, 5) is 7.09. The number of nitrogens with zero attached hydrogens (tertiary/aromatic N) is 4. The molecule has 7 nitrogen and oxygen atoms in total. The molecule has 26 heavy (non-hydrogen) atoms. The SMILES string of the molecule is CCNC(=NCC(C)(O)c1cnn(C)c1)NCCN1CCCCC1C.I. The summed E-state index contributed by atoms with van der Waals surface area (Å²) in [6.45, 7) is 10.3. The molecule has 2 unspecified atom stereocenters. The Morgan fingerprint density at radius 1 is 1.42 bits per heavy atom. The number of aliphatic hydroxyl groups is 1. The molecule has 2 heterocycles. The summed E-state index contributed by atoms with van der Waals surface area (Å²) >= 11 is 0. The van der Waals surface area contributed by atoms with Crippen LogP contribution in [0.2, 0.25) is 0 Å². The van der Waals surface area contributed by atoms with Gasteiger partial charge in [0, 0.05) is 44.5 Å². The van der Waals surface area contributed by atoms with Crippen LogP contribution in [0.3, 0.4) is 0 Å². The van der Waals surface area contributed by atoms with Crippen LogP contribution in [0.15, 0.2) is 17.4 Å². The van der Waals surface area contributed by atoms with E-state index in [9.17, 15) is 5.11 Å². The van der Waals surface area contributed by atoms with Crippen molar-refractivity contribution in [3.8, 4) is 0 Å². The average Bonchev–Trinajstić information content (AvgIpc) is 3.02. The smallest absolute Gasteiger partial charge is 0.191 e. The number of piperidine rings is 1. The van der Waals surface area contributed by atoms with Crippen molar-refractivity contribution in [1.29, 1.82) is 0 Å². The van der Waals surface area contributed by atoms with E-state index in [1.165, 1.54) is 25.8 Å². The summed E-state index contributed by atoms with van der Waals surface area (Å²) in [5.41, 5.74) is -0.255. The number of aliphatic imine (C=N–C) groups is 1. The van der Waals surface area contributed by atoms with Gasteiger partial charge in [-0.2, -0.15) is 5.10 Å². The highest BCUT2D eigenvalue weighted by molar-refractivity contribution is 14.0. The van der Waals surface area contributed by atoms with Gasteiger partial charge in [0.1, 0.15) is 5.60 Å². The minimum absolute atomic E-state index is 0. The van der Waals surface area contributed by atoms with Crippen LogP contribution in [0.1, 0.15) is 45.6 Å². The van der Waals surface area contributed by atoms with Gasteiger partial charge in [0.15, 0.2) is 5.96 Å². The van der Waals surface area contributed by atoms with Crippen LogP contribution >= 0.6 is 24.0 Å². The van der Waals surface area contributed by atoms with E-state index in [-0.39, 0.29) is 30.5 Å². The van der Waals surface area contributed by atoms with Crippen molar-refractivity contribution in [2.45, 2.75) is 51.7 Å². The lowest BCUT2D eigenvalue weighted by molar-refractivity contribution is 0.0671. The Labute approximate surface area is 174 Å². The van der Waals surface area contributed by atoms with E-state index in [1.54, 1.807) is 17.8 Å². The Bertz CT molecular complexity index is 560. The lowest BCUT2D eigenvalue weighted by atomic mass is 10.0. The highest BCUT2D eigenvalue weighted by Crippen LogP contribution is 2.19. The molecule has 1 aromatic rings. The molecule has 1 aliphatic rings. The van der Waals surface area contributed by atoms with Crippen molar-refractivity contribution < 1.29 is 5.11 Å². The normalized spacial score (nSPS) is 21.0. The second kappa shape index (κ2) is 11.1. The topological polar surface area (TPSA) is 77.7 Å². The predicted octanol–water partition coefficient (Wildman–Crippen LogP) is 1.68. The Balaban J connectivity index is 0.00000338. The molecule has 150 valence electrons. The number of guanidine groups is 1. The Morgan fingerprint density at radius 3 is 2.81 bits per heavy atom. The van der Waals surface area contributed by atoms with Crippen molar-refractivity contribution >= 4 is 29.9 Å². The summed E-state index contributed by atoms with van der Waals surface area (Å²) in [7, 11) is 1.84. The minimum Gasteiger partial charge on any atom is -0.383 e. The number of hydrogen-bond donors (Lipinski definition) is 3. The number of aryl methyl sites for hydroxylation is 1. The molecular formula is C18H35IN6O. The number of nitrogens with one attached hydrogen (secondary N) is 2. The van der Waals surface area contributed by atoms with Gasteiger partial charge in [-0.05, 0) is 40.2 Å². The molecule has 3 N–H and O–H groups in total. The number of likely N-dealkylation sites (tertiary alicyclic amines) is 1. The zero-order chi connectivity index (χ0) is 18.3. The number of halogens is 1. The van der Waals surface area contributed by atoms with Crippen molar-refractivity contribution in [2.75, 3.05) is 32.7 Å². The van der Waals surface area contributed by atoms with Gasteiger partial charge in [0.05, 0.1) is 12.7 Å². The van der Waals surface area contributed by atoms with Crippen molar-refractivity contribution in [3.05, 3.63) is 18.0 Å². The van der Waals surface area contributed by atoms with Gasteiger partial charge >= 0.3 is 0 Å². The first kappa shape index (κ1) is 23.2. The monoisotopic (exact) mass is 478 g/mol. The Kier molecular flexibility index (Phi) is 9.88. The average molecular weight is 478 g/mol. The fourth-order valence-corrected chi connectivity index (χ4v) is 3.17. The van der Waals surface area contributed by atoms with Crippen LogP contribution in [-0.4, -0.2) is 64.5 Å². The fraction of sp³-hybridized carbons (Fsp3) is 0.778. The van der Waals surface area contributed by atoms with E-state index in [0.717, 1.165) is 31.2 Å². The molecule has 1 aliphatic heterocycles. The van der Waals surface area contributed by atoms with Crippen molar-refractivity contribution in [1.82, 2.24) is 25.3 Å². The molecule has 0 saturated carbocycles. The zero-order valence-electron chi connectivity index (χ0n) is 16.5. The van der Waals surface area contributed by atoms with E-state index in [0.29, 0.717) is 6.04 Å². The molecule has 1 saturated heterocycles. The summed E-state index contributed by atoms with van der Waals surface area (Å²) < 4.78 is 1.69. The molecule has 1 aromatic heterocycles. The first-order valence-corrected chi connectivity index (χ1v) is 9.40. The molecule has 0 spiro atoms. The molecule has 0 amide bonds. The maximum Gasteiger partial charge on any atom is 0.191 e. The number of rotatable bonds is 7. The Hall–Kier alpha value is -0.870. The number of aromatic nitrogens is 2. The first-order valence-electron chi connectivity index (χ1n) is 9.40. The maximum atomic E-state index is 10.7. The van der Waals surface area contributed by atoms with Gasteiger partial charge in [-0.1, -0.05) is 6.42 Å². The third kappa shape index (κ3) is 7.03. The first-order chi connectivity index (χ1) is 11.9. The third-order valence-corrected chi connectivity index (χ3v) is 4.85. The standard InChI is InChI=1S/C18H34N6O.HI/c1-5-19-17(20-9-11-24-10-7-6-8-15(24)2)21-14-18(3,25)16-12-22-23(4)13-16;/h12-13,15,25H,5-11,14H2,1-4H3,(H2,19,20,21);1H. The van der Waals surface area contributed by atoms with Crippen LogP contribution in [0.4, 0.5) is 0 Å². The highest BCUT2D eigenvalue weighted by Gasteiger charge is 2.24. The van der Waals surface area contributed by atoms with Crippen LogP contribution in [0, 0.1) is 0 Å². The van der Waals surface area contributed by atoms with Crippen LogP contribution in [0.5, 0.6) is 0 Å². The van der Waals surface area contributed by atoms with E-state index >= 15 is 0 Å². The highest BCUT2D eigenvalue weighted by atomic mass is 127. The molecular weight excluding hydrogens is 443 g/mol. The maximum absolute atomic E-state index is 10.7. The van der Waals surface area contributed by atoms with Crippen LogP contribution < -0.4 is 10.6 Å². The van der Waals surface area contributed by atoms with Gasteiger partial charge in [-0.15, -0.1) is 24.0 Å². The van der Waals surface area contributed by atoms with Crippen molar-refractivity contribution in [3.63, 3.8) is 0 Å². The lowest BCUT2D eigenvalue weighted by Gasteiger charge is -2.33. The largest absolute Gasteiger partial charge is 0.383 e. The summed E-state index contributed by atoms with van der Waals surface area (Å²) in [5.74, 6) is 0.747. The second-order valence-electron chi connectivity index (χ2n) is 7.18. The molecule has 0 aliphatic carbocycles. The van der Waals surface area contributed by atoms with E-state index < -0.39 is 5.60 Å². The quantitative estimate of drug-likeness (QED) is 0.316. The molecule has 2 rings (SSSR count). The molecule has 1 fully saturated rings. The van der Waals surface area contributed by atoms with Gasteiger partial charge in [0.2, 0.25) is 0 Å². The fourth-order valence-electron chi connectivity index (χ4n) is 3.17. The minimum atomic E-state index is -1.03. The van der Waals surface area contributed by atoms with Gasteiger partial charge in [-0.3, -0.25) is 9.58 Å². The third-order valence-electron chi connectivity index (χ3n) is 4.85. The molecule has 2 atom stereocenters.